The highest BCUT2D eigenvalue weighted by Crippen LogP contribution is 2.32. The summed E-state index contributed by atoms with van der Waals surface area (Å²) in [6.07, 6.45) is 2.06. The topological polar surface area (TPSA) is 119 Å². The number of benzene rings is 1. The SMILES string of the molecule is Cc1ncc(NC(=O)Cc2ccc(-c3cnc(NC(=CN)c4ccccn4)nc3)cc2F)cc1C(F)(F)F. The van der Waals surface area contributed by atoms with Gasteiger partial charge in [0.25, 0.3) is 0 Å². The molecule has 38 heavy (non-hydrogen) atoms. The third-order valence-corrected chi connectivity index (χ3v) is 5.42. The van der Waals surface area contributed by atoms with Crippen LogP contribution in [0.2, 0.25) is 0 Å². The molecule has 4 N–H and O–H groups in total. The summed E-state index contributed by atoms with van der Waals surface area (Å²) in [5, 5.41) is 5.30. The fraction of sp³-hybridized carbons (Fsp3) is 0.115. The number of aromatic nitrogens is 4. The summed E-state index contributed by atoms with van der Waals surface area (Å²) >= 11 is 0. The molecule has 0 fully saturated rings. The van der Waals surface area contributed by atoms with Gasteiger partial charge in [-0.1, -0.05) is 18.2 Å². The van der Waals surface area contributed by atoms with Crippen LogP contribution in [-0.4, -0.2) is 25.8 Å². The molecule has 0 atom stereocenters. The number of alkyl halides is 3. The molecule has 0 aliphatic carbocycles. The van der Waals surface area contributed by atoms with E-state index in [1.54, 1.807) is 24.4 Å². The Morgan fingerprint density at radius 2 is 1.74 bits per heavy atom. The van der Waals surface area contributed by atoms with E-state index in [0.29, 0.717) is 22.5 Å². The number of carbonyl (C=O) groups is 1. The van der Waals surface area contributed by atoms with E-state index in [0.717, 1.165) is 12.3 Å². The van der Waals surface area contributed by atoms with E-state index in [4.69, 9.17) is 5.73 Å². The van der Waals surface area contributed by atoms with Gasteiger partial charge >= 0.3 is 6.18 Å². The number of pyridine rings is 2. The van der Waals surface area contributed by atoms with Crippen molar-refractivity contribution in [2.24, 2.45) is 5.73 Å². The van der Waals surface area contributed by atoms with Crippen molar-refractivity contribution in [3.05, 3.63) is 102 Å². The van der Waals surface area contributed by atoms with Gasteiger partial charge in [-0.3, -0.25) is 14.8 Å². The quantitative estimate of drug-likeness (QED) is 0.293. The number of halogens is 4. The lowest BCUT2D eigenvalue weighted by Gasteiger charge is -2.12. The number of hydrogen-bond donors (Lipinski definition) is 3. The minimum atomic E-state index is -4.61. The molecule has 0 saturated carbocycles. The molecule has 0 aliphatic heterocycles. The summed E-state index contributed by atoms with van der Waals surface area (Å²) in [4.78, 5) is 28.7. The Labute approximate surface area is 214 Å². The molecule has 1 amide bonds. The van der Waals surface area contributed by atoms with E-state index in [-0.39, 0.29) is 29.3 Å². The van der Waals surface area contributed by atoms with Gasteiger partial charge in [-0.25, -0.2) is 14.4 Å². The molecule has 8 nitrogen and oxygen atoms in total. The van der Waals surface area contributed by atoms with Crippen molar-refractivity contribution >= 4 is 23.2 Å². The molecule has 1 aromatic carbocycles. The Balaban J connectivity index is 1.42. The summed E-state index contributed by atoms with van der Waals surface area (Å²) in [5.74, 6) is -1.10. The molecule has 194 valence electrons. The Morgan fingerprint density at radius 3 is 2.37 bits per heavy atom. The van der Waals surface area contributed by atoms with Gasteiger partial charge in [0, 0.05) is 36.0 Å². The Hall–Kier alpha value is -4.87. The van der Waals surface area contributed by atoms with Crippen LogP contribution < -0.4 is 16.4 Å². The number of rotatable bonds is 7. The van der Waals surface area contributed by atoms with Crippen LogP contribution in [0.15, 0.2) is 73.5 Å². The smallest absolute Gasteiger partial charge is 0.403 e. The van der Waals surface area contributed by atoms with Gasteiger partial charge in [-0.15, -0.1) is 0 Å². The summed E-state index contributed by atoms with van der Waals surface area (Å²) in [6, 6.07) is 10.4. The molecular weight excluding hydrogens is 502 g/mol. The van der Waals surface area contributed by atoms with Crippen molar-refractivity contribution in [2.75, 3.05) is 10.6 Å². The van der Waals surface area contributed by atoms with Crippen LogP contribution in [0.25, 0.3) is 16.8 Å². The van der Waals surface area contributed by atoms with Gasteiger partial charge in [0.2, 0.25) is 11.9 Å². The van der Waals surface area contributed by atoms with E-state index in [1.807, 2.05) is 6.07 Å². The molecule has 0 unspecified atom stereocenters. The molecule has 3 aromatic heterocycles. The first-order chi connectivity index (χ1) is 18.1. The maximum Gasteiger partial charge on any atom is 0.418 e. The molecule has 12 heteroatoms. The van der Waals surface area contributed by atoms with Gasteiger partial charge < -0.3 is 16.4 Å². The van der Waals surface area contributed by atoms with E-state index in [9.17, 15) is 22.4 Å². The lowest BCUT2D eigenvalue weighted by molar-refractivity contribution is -0.138. The summed E-state index contributed by atoms with van der Waals surface area (Å²) < 4.78 is 54.0. The van der Waals surface area contributed by atoms with E-state index >= 15 is 0 Å². The minimum Gasteiger partial charge on any atom is -0.403 e. The predicted octanol–water partition coefficient (Wildman–Crippen LogP) is 4.95. The average molecular weight is 523 g/mol. The fourth-order valence-electron chi connectivity index (χ4n) is 3.51. The molecule has 0 bridgehead atoms. The number of anilines is 2. The van der Waals surface area contributed by atoms with Gasteiger partial charge in [0.15, 0.2) is 0 Å². The van der Waals surface area contributed by atoms with Gasteiger partial charge in [0.1, 0.15) is 5.82 Å². The monoisotopic (exact) mass is 523 g/mol. The van der Waals surface area contributed by atoms with E-state index in [2.05, 4.69) is 30.6 Å². The van der Waals surface area contributed by atoms with Gasteiger partial charge in [-0.05, 0) is 42.3 Å². The third kappa shape index (κ3) is 6.27. The highest BCUT2D eigenvalue weighted by Gasteiger charge is 2.33. The summed E-state index contributed by atoms with van der Waals surface area (Å²) in [7, 11) is 0. The average Bonchev–Trinajstić information content (AvgIpc) is 2.90. The lowest BCUT2D eigenvalue weighted by atomic mass is 10.0. The van der Waals surface area contributed by atoms with Gasteiger partial charge in [0.05, 0.1) is 35.3 Å². The second-order valence-corrected chi connectivity index (χ2v) is 8.10. The number of amides is 1. The first-order valence-electron chi connectivity index (χ1n) is 11.2. The molecular formula is C26H21F4N7O. The minimum absolute atomic E-state index is 0.0645. The zero-order valence-corrected chi connectivity index (χ0v) is 19.9. The van der Waals surface area contributed by atoms with Crippen LogP contribution in [0.4, 0.5) is 29.2 Å². The Bertz CT molecular complexity index is 1470. The molecule has 0 radical (unpaired) electrons. The van der Waals surface area contributed by atoms with Crippen molar-refractivity contribution in [1.82, 2.24) is 19.9 Å². The largest absolute Gasteiger partial charge is 0.418 e. The zero-order chi connectivity index (χ0) is 27.3. The van der Waals surface area contributed by atoms with Crippen LogP contribution >= 0.6 is 0 Å². The summed E-state index contributed by atoms with van der Waals surface area (Å²) in [6.45, 7) is 1.22. The first-order valence-corrected chi connectivity index (χ1v) is 11.2. The van der Waals surface area contributed by atoms with Crippen molar-refractivity contribution < 1.29 is 22.4 Å². The number of nitrogens with zero attached hydrogens (tertiary/aromatic N) is 4. The number of hydrogen-bond acceptors (Lipinski definition) is 7. The second kappa shape index (κ2) is 11.0. The van der Waals surface area contributed by atoms with Crippen LogP contribution in [-0.2, 0) is 17.4 Å². The number of carbonyl (C=O) groups excluding carboxylic acids is 1. The second-order valence-electron chi connectivity index (χ2n) is 8.10. The molecule has 4 rings (SSSR count). The number of nitrogens with two attached hydrogens (primary N) is 1. The van der Waals surface area contributed by atoms with Gasteiger partial charge in [-0.2, -0.15) is 13.2 Å². The third-order valence-electron chi connectivity index (χ3n) is 5.42. The molecule has 0 aliphatic rings. The van der Waals surface area contributed by atoms with Crippen molar-refractivity contribution in [3.8, 4) is 11.1 Å². The standard InChI is InChI=1S/C26H21F4N7O/c1-15-20(26(28,29)30)10-19(14-33-15)36-24(38)9-17-6-5-16(8-21(17)27)18-12-34-25(35-13-18)37-23(11-31)22-4-2-3-7-32-22/h2-8,10-14H,9,31H2,1H3,(H,36,38)(H,34,35,37). The van der Waals surface area contributed by atoms with Crippen LogP contribution in [0.3, 0.4) is 0 Å². The lowest BCUT2D eigenvalue weighted by Crippen LogP contribution is -2.17. The number of aryl methyl sites for hydroxylation is 1. The molecule has 3 heterocycles. The highest BCUT2D eigenvalue weighted by molar-refractivity contribution is 5.92. The van der Waals surface area contributed by atoms with Crippen LogP contribution in [0.1, 0.15) is 22.5 Å². The van der Waals surface area contributed by atoms with Crippen molar-refractivity contribution in [2.45, 2.75) is 19.5 Å². The normalized spacial score (nSPS) is 11.8. The fourth-order valence-corrected chi connectivity index (χ4v) is 3.51. The molecule has 0 saturated heterocycles. The Kier molecular flexibility index (Phi) is 7.61. The number of nitrogens with one attached hydrogen (secondary N) is 2. The predicted molar refractivity (Wildman–Crippen MR) is 134 cm³/mol. The Morgan fingerprint density at radius 1 is 0.974 bits per heavy atom. The van der Waals surface area contributed by atoms with Crippen LogP contribution in [0.5, 0.6) is 0 Å². The van der Waals surface area contributed by atoms with Crippen molar-refractivity contribution in [3.63, 3.8) is 0 Å². The summed E-state index contributed by atoms with van der Waals surface area (Å²) in [5.41, 5.74) is 6.53. The van der Waals surface area contributed by atoms with E-state index in [1.165, 1.54) is 37.7 Å². The molecule has 4 aromatic rings. The van der Waals surface area contributed by atoms with Crippen LogP contribution in [0, 0.1) is 12.7 Å². The molecule has 0 spiro atoms. The highest BCUT2D eigenvalue weighted by atomic mass is 19.4. The maximum absolute atomic E-state index is 14.8. The first kappa shape index (κ1) is 26.2. The zero-order valence-electron chi connectivity index (χ0n) is 19.9. The maximum atomic E-state index is 14.8. The van der Waals surface area contributed by atoms with Crippen molar-refractivity contribution in [1.29, 1.82) is 0 Å². The van der Waals surface area contributed by atoms with E-state index < -0.39 is 23.5 Å².